The van der Waals surface area contributed by atoms with Gasteiger partial charge in [-0.2, -0.15) is 0 Å². The monoisotopic (exact) mass is 324 g/mol. The number of hydrogen-bond acceptors (Lipinski definition) is 4. The maximum atomic E-state index is 12.4. The van der Waals surface area contributed by atoms with Crippen LogP contribution in [-0.4, -0.2) is 33.7 Å². The van der Waals surface area contributed by atoms with E-state index in [1.54, 1.807) is 36.5 Å². The minimum Gasteiger partial charge on any atom is -0.340 e. The SMILES string of the molecule is C=CC(=O)Nc1ccccc1CC(=O)N(C)Cc1cnc(C)cn1. The Labute approximate surface area is 141 Å². The van der Waals surface area contributed by atoms with Crippen molar-refractivity contribution < 1.29 is 9.59 Å². The van der Waals surface area contributed by atoms with Gasteiger partial charge in [0.15, 0.2) is 0 Å². The lowest BCUT2D eigenvalue weighted by Crippen LogP contribution is -2.28. The van der Waals surface area contributed by atoms with Crippen molar-refractivity contribution in [1.29, 1.82) is 0 Å². The largest absolute Gasteiger partial charge is 0.340 e. The number of para-hydroxylation sites is 1. The first-order chi connectivity index (χ1) is 11.5. The van der Waals surface area contributed by atoms with E-state index in [9.17, 15) is 9.59 Å². The fourth-order valence-electron chi connectivity index (χ4n) is 2.11. The lowest BCUT2D eigenvalue weighted by Gasteiger charge is -2.18. The van der Waals surface area contributed by atoms with Crippen LogP contribution in [0.15, 0.2) is 49.3 Å². The Bertz CT molecular complexity index is 741. The normalized spacial score (nSPS) is 10.1. The summed E-state index contributed by atoms with van der Waals surface area (Å²) < 4.78 is 0. The number of hydrogen-bond donors (Lipinski definition) is 1. The summed E-state index contributed by atoms with van der Waals surface area (Å²) in [5.41, 5.74) is 2.92. The van der Waals surface area contributed by atoms with Crippen LogP contribution in [0, 0.1) is 6.92 Å². The van der Waals surface area contributed by atoms with Crippen molar-refractivity contribution in [2.45, 2.75) is 19.9 Å². The number of carbonyl (C=O) groups is 2. The van der Waals surface area contributed by atoms with E-state index in [0.717, 1.165) is 17.0 Å². The van der Waals surface area contributed by atoms with Gasteiger partial charge >= 0.3 is 0 Å². The molecule has 1 heterocycles. The summed E-state index contributed by atoms with van der Waals surface area (Å²) in [6.07, 6.45) is 4.72. The number of carbonyl (C=O) groups excluding carboxylic acids is 2. The van der Waals surface area contributed by atoms with Crippen molar-refractivity contribution in [3.8, 4) is 0 Å². The molecule has 0 fully saturated rings. The lowest BCUT2D eigenvalue weighted by molar-refractivity contribution is -0.129. The van der Waals surface area contributed by atoms with Crippen LogP contribution in [-0.2, 0) is 22.6 Å². The first-order valence-electron chi connectivity index (χ1n) is 7.52. The van der Waals surface area contributed by atoms with Crippen molar-refractivity contribution in [2.24, 2.45) is 0 Å². The molecular formula is C18H20N4O2. The fourth-order valence-corrected chi connectivity index (χ4v) is 2.11. The van der Waals surface area contributed by atoms with E-state index in [0.29, 0.717) is 12.2 Å². The van der Waals surface area contributed by atoms with E-state index >= 15 is 0 Å². The summed E-state index contributed by atoms with van der Waals surface area (Å²) in [5, 5.41) is 2.71. The maximum Gasteiger partial charge on any atom is 0.247 e. The second-order valence-corrected chi connectivity index (χ2v) is 5.43. The first kappa shape index (κ1) is 17.3. The molecule has 2 amide bonds. The predicted octanol–water partition coefficient (Wildman–Crippen LogP) is 2.11. The second-order valence-electron chi connectivity index (χ2n) is 5.43. The van der Waals surface area contributed by atoms with Crippen molar-refractivity contribution in [3.63, 3.8) is 0 Å². The molecule has 124 valence electrons. The molecule has 0 aliphatic rings. The Balaban J connectivity index is 2.04. The lowest BCUT2D eigenvalue weighted by atomic mass is 10.1. The summed E-state index contributed by atoms with van der Waals surface area (Å²) in [4.78, 5) is 33.9. The average Bonchev–Trinajstić information content (AvgIpc) is 2.58. The molecule has 2 rings (SSSR count). The van der Waals surface area contributed by atoms with E-state index in [1.165, 1.54) is 6.08 Å². The van der Waals surface area contributed by atoms with Crippen LogP contribution in [0.1, 0.15) is 17.0 Å². The van der Waals surface area contributed by atoms with Crippen LogP contribution in [0.5, 0.6) is 0 Å². The minimum absolute atomic E-state index is 0.0716. The molecule has 6 heteroatoms. The van der Waals surface area contributed by atoms with Crippen LogP contribution in [0.4, 0.5) is 5.69 Å². The van der Waals surface area contributed by atoms with Gasteiger partial charge in [0.2, 0.25) is 11.8 Å². The third-order valence-corrected chi connectivity index (χ3v) is 3.46. The molecule has 0 aliphatic carbocycles. The number of rotatable bonds is 6. The minimum atomic E-state index is -0.307. The van der Waals surface area contributed by atoms with Crippen LogP contribution < -0.4 is 5.32 Å². The molecule has 0 spiro atoms. The molecule has 1 aromatic heterocycles. The van der Waals surface area contributed by atoms with Gasteiger partial charge in [-0.25, -0.2) is 0 Å². The molecule has 6 nitrogen and oxygen atoms in total. The summed E-state index contributed by atoms with van der Waals surface area (Å²) in [5.74, 6) is -0.379. The van der Waals surface area contributed by atoms with E-state index in [-0.39, 0.29) is 18.2 Å². The van der Waals surface area contributed by atoms with Crippen LogP contribution in [0.3, 0.4) is 0 Å². The van der Waals surface area contributed by atoms with Crippen LogP contribution in [0.2, 0.25) is 0 Å². The van der Waals surface area contributed by atoms with Gasteiger partial charge in [-0.05, 0) is 24.6 Å². The molecule has 1 aromatic carbocycles. The Morgan fingerprint density at radius 1 is 1.25 bits per heavy atom. The predicted molar refractivity (Wildman–Crippen MR) is 92.2 cm³/mol. The quantitative estimate of drug-likeness (QED) is 0.826. The highest BCUT2D eigenvalue weighted by atomic mass is 16.2. The summed E-state index contributed by atoms with van der Waals surface area (Å²) in [6.45, 7) is 5.67. The van der Waals surface area contributed by atoms with Gasteiger partial charge in [-0.1, -0.05) is 24.8 Å². The molecule has 0 bridgehead atoms. The number of aromatic nitrogens is 2. The highest BCUT2D eigenvalue weighted by Crippen LogP contribution is 2.17. The van der Waals surface area contributed by atoms with Gasteiger partial charge in [-0.3, -0.25) is 19.6 Å². The van der Waals surface area contributed by atoms with Gasteiger partial charge in [0.25, 0.3) is 0 Å². The topological polar surface area (TPSA) is 75.2 Å². The summed E-state index contributed by atoms with van der Waals surface area (Å²) >= 11 is 0. The van der Waals surface area contributed by atoms with E-state index in [4.69, 9.17) is 0 Å². The molecule has 0 atom stereocenters. The molecule has 0 radical (unpaired) electrons. The number of nitrogens with one attached hydrogen (secondary N) is 1. The molecule has 0 aliphatic heterocycles. The zero-order chi connectivity index (χ0) is 17.5. The molecule has 0 saturated carbocycles. The average molecular weight is 324 g/mol. The van der Waals surface area contributed by atoms with Gasteiger partial charge in [0.1, 0.15) is 0 Å². The van der Waals surface area contributed by atoms with Crippen LogP contribution in [0.25, 0.3) is 0 Å². The standard InChI is InChI=1S/C18H20N4O2/c1-4-17(23)21-16-8-6-5-7-14(16)9-18(24)22(3)12-15-11-19-13(2)10-20-15/h4-8,10-11H,1,9,12H2,2-3H3,(H,21,23). The summed E-state index contributed by atoms with van der Waals surface area (Å²) in [6, 6.07) is 7.21. The number of benzene rings is 1. The van der Waals surface area contributed by atoms with Crippen molar-refractivity contribution >= 4 is 17.5 Å². The molecule has 0 unspecified atom stereocenters. The Kier molecular flexibility index (Phi) is 5.78. The van der Waals surface area contributed by atoms with Gasteiger partial charge in [0.05, 0.1) is 30.6 Å². The van der Waals surface area contributed by atoms with E-state index < -0.39 is 0 Å². The van der Waals surface area contributed by atoms with Crippen molar-refractivity contribution in [2.75, 3.05) is 12.4 Å². The number of amides is 2. The molecular weight excluding hydrogens is 304 g/mol. The zero-order valence-electron chi connectivity index (χ0n) is 13.8. The van der Waals surface area contributed by atoms with Crippen LogP contribution >= 0.6 is 0 Å². The Morgan fingerprint density at radius 3 is 2.67 bits per heavy atom. The second kappa shape index (κ2) is 8.01. The smallest absolute Gasteiger partial charge is 0.247 e. The van der Waals surface area contributed by atoms with Gasteiger partial charge in [-0.15, -0.1) is 0 Å². The molecule has 2 aromatic rings. The summed E-state index contributed by atoms with van der Waals surface area (Å²) in [7, 11) is 1.72. The Hall–Kier alpha value is -3.02. The maximum absolute atomic E-state index is 12.4. The number of anilines is 1. The fraction of sp³-hybridized carbons (Fsp3) is 0.222. The molecule has 1 N–H and O–H groups in total. The zero-order valence-corrected chi connectivity index (χ0v) is 13.8. The van der Waals surface area contributed by atoms with E-state index in [2.05, 4.69) is 21.9 Å². The van der Waals surface area contributed by atoms with Crippen molar-refractivity contribution in [1.82, 2.24) is 14.9 Å². The molecule has 0 saturated heterocycles. The number of nitrogens with zero attached hydrogens (tertiary/aromatic N) is 3. The number of aryl methyl sites for hydroxylation is 1. The first-order valence-corrected chi connectivity index (χ1v) is 7.52. The molecule has 24 heavy (non-hydrogen) atoms. The number of likely N-dealkylation sites (N-methyl/N-ethyl adjacent to an activating group) is 1. The highest BCUT2D eigenvalue weighted by Gasteiger charge is 2.14. The third kappa shape index (κ3) is 4.74. The van der Waals surface area contributed by atoms with Crippen molar-refractivity contribution in [3.05, 3.63) is 66.3 Å². The van der Waals surface area contributed by atoms with Gasteiger partial charge < -0.3 is 10.2 Å². The Morgan fingerprint density at radius 2 is 2.00 bits per heavy atom. The highest BCUT2D eigenvalue weighted by molar-refractivity contribution is 5.99. The third-order valence-electron chi connectivity index (χ3n) is 3.46. The van der Waals surface area contributed by atoms with E-state index in [1.807, 2.05) is 19.1 Å². The van der Waals surface area contributed by atoms with Gasteiger partial charge in [0, 0.05) is 18.9 Å².